The molecule has 1 amide bonds. The first-order valence-electron chi connectivity index (χ1n) is 7.74. The molecule has 3 aromatic rings. The van der Waals surface area contributed by atoms with Crippen LogP contribution in [0.4, 0.5) is 13.2 Å². The summed E-state index contributed by atoms with van der Waals surface area (Å²) in [6.45, 7) is 0.667. The summed E-state index contributed by atoms with van der Waals surface area (Å²) in [5, 5.41) is 7.73. The highest BCUT2D eigenvalue weighted by Crippen LogP contribution is 2.32. The molecule has 0 aliphatic carbocycles. The van der Waals surface area contributed by atoms with E-state index in [1.165, 1.54) is 28.4 Å². The molecule has 9 heteroatoms. The molecule has 1 saturated heterocycles. The van der Waals surface area contributed by atoms with Crippen molar-refractivity contribution in [3.8, 4) is 11.4 Å². The van der Waals surface area contributed by atoms with Gasteiger partial charge in [0, 0.05) is 29.6 Å². The van der Waals surface area contributed by atoms with Gasteiger partial charge in [-0.25, -0.2) is 0 Å². The Kier molecular flexibility index (Phi) is 4.03. The molecule has 1 aromatic carbocycles. The van der Waals surface area contributed by atoms with Crippen molar-refractivity contribution in [3.05, 3.63) is 58.1 Å². The second-order valence-electron chi connectivity index (χ2n) is 5.95. The second-order valence-corrected chi connectivity index (χ2v) is 6.73. The van der Waals surface area contributed by atoms with Crippen LogP contribution in [0.5, 0.6) is 0 Å². The molecule has 26 heavy (non-hydrogen) atoms. The Hall–Kier alpha value is -2.68. The first-order chi connectivity index (χ1) is 12.4. The van der Waals surface area contributed by atoms with Gasteiger partial charge < -0.3 is 9.42 Å². The summed E-state index contributed by atoms with van der Waals surface area (Å²) in [4.78, 5) is 18.2. The number of likely N-dealkylation sites (tertiary alicyclic amines) is 1. The molecular formula is C17H12F3N3O2S. The number of hydrogen-bond donors (Lipinski definition) is 0. The van der Waals surface area contributed by atoms with Gasteiger partial charge in [-0.3, -0.25) is 4.79 Å². The molecule has 0 bridgehead atoms. The maximum atomic E-state index is 12.8. The monoisotopic (exact) mass is 379 g/mol. The van der Waals surface area contributed by atoms with Gasteiger partial charge in [-0.2, -0.15) is 29.5 Å². The summed E-state index contributed by atoms with van der Waals surface area (Å²) in [6.07, 6.45) is -4.48. The number of hydrogen-bond acceptors (Lipinski definition) is 5. The van der Waals surface area contributed by atoms with Crippen LogP contribution in [0.3, 0.4) is 0 Å². The van der Waals surface area contributed by atoms with E-state index in [1.807, 2.05) is 16.8 Å². The van der Waals surface area contributed by atoms with E-state index in [-0.39, 0.29) is 11.5 Å². The number of carbonyl (C=O) groups excluding carboxylic acids is 1. The van der Waals surface area contributed by atoms with E-state index in [9.17, 15) is 18.0 Å². The summed E-state index contributed by atoms with van der Waals surface area (Å²) >= 11 is 1.52. The van der Waals surface area contributed by atoms with Crippen molar-refractivity contribution in [1.82, 2.24) is 15.0 Å². The third-order valence-corrected chi connectivity index (χ3v) is 4.86. The highest BCUT2D eigenvalue weighted by atomic mass is 32.1. The zero-order chi connectivity index (χ0) is 18.3. The van der Waals surface area contributed by atoms with E-state index in [0.717, 1.165) is 17.7 Å². The van der Waals surface area contributed by atoms with Crippen molar-refractivity contribution in [2.45, 2.75) is 12.1 Å². The molecule has 0 atom stereocenters. The lowest BCUT2D eigenvalue weighted by molar-refractivity contribution is -0.137. The molecule has 4 rings (SSSR count). The molecule has 1 fully saturated rings. The van der Waals surface area contributed by atoms with Crippen molar-refractivity contribution < 1.29 is 22.5 Å². The van der Waals surface area contributed by atoms with Gasteiger partial charge in [0.05, 0.1) is 11.5 Å². The van der Waals surface area contributed by atoms with Crippen LogP contribution >= 0.6 is 11.3 Å². The number of benzene rings is 1. The van der Waals surface area contributed by atoms with Gasteiger partial charge in [-0.05, 0) is 29.6 Å². The van der Waals surface area contributed by atoms with Gasteiger partial charge in [-0.15, -0.1) is 0 Å². The zero-order valence-corrected chi connectivity index (χ0v) is 14.0. The first kappa shape index (κ1) is 16.8. The Labute approximate surface area is 150 Å². The summed E-state index contributed by atoms with van der Waals surface area (Å²) in [7, 11) is 0. The Balaban J connectivity index is 1.43. The van der Waals surface area contributed by atoms with Gasteiger partial charge in [0.15, 0.2) is 0 Å². The van der Waals surface area contributed by atoms with Crippen molar-refractivity contribution in [1.29, 1.82) is 0 Å². The van der Waals surface area contributed by atoms with Gasteiger partial charge in [-0.1, -0.05) is 11.2 Å². The third-order valence-electron chi connectivity index (χ3n) is 4.18. The van der Waals surface area contributed by atoms with E-state index in [4.69, 9.17) is 4.52 Å². The van der Waals surface area contributed by atoms with Crippen molar-refractivity contribution in [2.24, 2.45) is 0 Å². The van der Waals surface area contributed by atoms with E-state index in [0.29, 0.717) is 24.8 Å². The van der Waals surface area contributed by atoms with Crippen LogP contribution in [0.1, 0.15) is 27.7 Å². The zero-order valence-electron chi connectivity index (χ0n) is 13.2. The van der Waals surface area contributed by atoms with Crippen molar-refractivity contribution >= 4 is 17.2 Å². The fourth-order valence-electron chi connectivity index (χ4n) is 2.72. The molecule has 1 aliphatic rings. The highest BCUT2D eigenvalue weighted by Gasteiger charge is 2.37. The number of alkyl halides is 3. The van der Waals surface area contributed by atoms with Gasteiger partial charge in [0.1, 0.15) is 0 Å². The first-order valence-corrected chi connectivity index (χ1v) is 8.69. The largest absolute Gasteiger partial charge is 0.416 e. The van der Waals surface area contributed by atoms with Gasteiger partial charge in [0.25, 0.3) is 5.91 Å². The van der Waals surface area contributed by atoms with Crippen LogP contribution in [0.25, 0.3) is 11.4 Å². The number of amides is 1. The number of nitrogens with zero attached hydrogens (tertiary/aromatic N) is 3. The van der Waals surface area contributed by atoms with E-state index in [1.54, 1.807) is 0 Å². The number of thiophene rings is 1. The topological polar surface area (TPSA) is 59.2 Å². The lowest BCUT2D eigenvalue weighted by atomic mass is 9.98. The lowest BCUT2D eigenvalue weighted by Gasteiger charge is -2.37. The van der Waals surface area contributed by atoms with Crippen LogP contribution in [0.15, 0.2) is 45.6 Å². The molecule has 0 N–H and O–H groups in total. The SMILES string of the molecule is O=C(c1cccc(C(F)(F)F)c1)N1CC(c2nc(-c3ccsc3)no2)C1. The lowest BCUT2D eigenvalue weighted by Crippen LogP contribution is -2.48. The maximum absolute atomic E-state index is 12.8. The Morgan fingerprint density at radius 2 is 2.08 bits per heavy atom. The Morgan fingerprint density at radius 3 is 2.77 bits per heavy atom. The Morgan fingerprint density at radius 1 is 1.27 bits per heavy atom. The predicted octanol–water partition coefficient (Wildman–Crippen LogP) is 4.06. The van der Waals surface area contributed by atoms with Crippen LogP contribution in [-0.4, -0.2) is 34.0 Å². The molecule has 0 radical (unpaired) electrons. The molecule has 0 unspecified atom stereocenters. The number of aromatic nitrogens is 2. The number of halogens is 3. The van der Waals surface area contributed by atoms with E-state index < -0.39 is 17.6 Å². The maximum Gasteiger partial charge on any atom is 0.416 e. The molecule has 5 nitrogen and oxygen atoms in total. The minimum absolute atomic E-state index is 0.0165. The number of rotatable bonds is 3. The standard InChI is InChI=1S/C17H12F3N3O2S/c18-17(19,20)13-3-1-2-10(6-13)16(24)23-7-12(8-23)15-21-14(22-25-15)11-4-5-26-9-11/h1-6,9,12H,7-8H2. The van der Waals surface area contributed by atoms with Gasteiger partial charge in [0.2, 0.25) is 11.7 Å². The minimum atomic E-state index is -4.48. The van der Waals surface area contributed by atoms with E-state index >= 15 is 0 Å². The van der Waals surface area contributed by atoms with Crippen LogP contribution < -0.4 is 0 Å². The second kappa shape index (κ2) is 6.24. The molecular weight excluding hydrogens is 367 g/mol. The Bertz CT molecular complexity index is 931. The van der Waals surface area contributed by atoms with Crippen LogP contribution in [0, 0.1) is 0 Å². The summed E-state index contributed by atoms with van der Waals surface area (Å²) < 4.78 is 43.6. The van der Waals surface area contributed by atoms with Crippen molar-refractivity contribution in [2.75, 3.05) is 13.1 Å². The van der Waals surface area contributed by atoms with Crippen LogP contribution in [-0.2, 0) is 6.18 Å². The predicted molar refractivity (Wildman–Crippen MR) is 87.7 cm³/mol. The van der Waals surface area contributed by atoms with Crippen LogP contribution in [0.2, 0.25) is 0 Å². The smallest absolute Gasteiger partial charge is 0.339 e. The normalized spacial score (nSPS) is 15.1. The molecule has 2 aromatic heterocycles. The summed E-state index contributed by atoms with van der Waals surface area (Å²) in [5.74, 6) is 0.373. The quantitative estimate of drug-likeness (QED) is 0.689. The molecule has 1 aliphatic heterocycles. The fraction of sp³-hybridized carbons (Fsp3) is 0.235. The molecule has 0 saturated carbocycles. The van der Waals surface area contributed by atoms with Gasteiger partial charge >= 0.3 is 6.18 Å². The molecule has 0 spiro atoms. The summed E-state index contributed by atoms with van der Waals surface area (Å²) in [5.41, 5.74) is 0.0433. The van der Waals surface area contributed by atoms with Crippen molar-refractivity contribution in [3.63, 3.8) is 0 Å². The highest BCUT2D eigenvalue weighted by molar-refractivity contribution is 7.08. The average Bonchev–Trinajstić information content (AvgIpc) is 3.24. The third kappa shape index (κ3) is 3.10. The summed E-state index contributed by atoms with van der Waals surface area (Å²) in [6, 6.07) is 6.31. The average molecular weight is 379 g/mol. The van der Waals surface area contributed by atoms with E-state index in [2.05, 4.69) is 10.1 Å². The minimum Gasteiger partial charge on any atom is -0.339 e. The number of carbonyl (C=O) groups is 1. The molecule has 3 heterocycles. The fourth-order valence-corrected chi connectivity index (χ4v) is 3.36. The molecule has 134 valence electrons.